The summed E-state index contributed by atoms with van der Waals surface area (Å²) in [5.41, 5.74) is 6.94. The minimum Gasteiger partial charge on any atom is -0.0654 e. The molecule has 1 rings (SSSR count). The monoisotopic (exact) mass is 1100 g/mol. The molecule has 0 aromatic heterocycles. The molecule has 0 unspecified atom stereocenters. The summed E-state index contributed by atoms with van der Waals surface area (Å²) in [5.74, 6) is 0. The van der Waals surface area contributed by atoms with E-state index in [1.807, 2.05) is 0 Å². The van der Waals surface area contributed by atoms with Crippen molar-refractivity contribution in [2.75, 3.05) is 0 Å². The van der Waals surface area contributed by atoms with E-state index in [9.17, 15) is 0 Å². The Balaban J connectivity index is 2.43. The highest BCUT2D eigenvalue weighted by molar-refractivity contribution is 5.40. The fourth-order valence-corrected chi connectivity index (χ4v) is 13.3. The molecule has 0 amide bonds. The van der Waals surface area contributed by atoms with Gasteiger partial charge in [0, 0.05) is 0 Å². The van der Waals surface area contributed by atoms with Gasteiger partial charge in [-0.05, 0) is 73.6 Å². The smallest absolute Gasteiger partial charge is 0.0273 e. The normalized spacial score (nSPS) is 11.7. The summed E-state index contributed by atoms with van der Waals surface area (Å²) in [7, 11) is 0. The number of unbranched alkanes of at least 4 members (excludes halogenated alkanes) is 61. The number of benzene rings is 1. The quantitative estimate of drug-likeness (QED) is 0.0570. The lowest BCUT2D eigenvalue weighted by Gasteiger charge is -2.18. The summed E-state index contributed by atoms with van der Waals surface area (Å²) in [6.45, 7) is 11.2. The molecule has 0 aliphatic rings. The zero-order valence-electron chi connectivity index (χ0n) is 55.7. The topological polar surface area (TPSA) is 0 Å². The van der Waals surface area contributed by atoms with Crippen molar-refractivity contribution >= 4 is 0 Å². The van der Waals surface area contributed by atoms with Gasteiger partial charge in [-0.2, -0.15) is 0 Å². The van der Waals surface area contributed by atoms with Crippen molar-refractivity contribution in [2.45, 2.75) is 464 Å². The van der Waals surface area contributed by atoms with E-state index in [1.54, 1.807) is 22.3 Å². The summed E-state index contributed by atoms with van der Waals surface area (Å²) in [6.07, 6.45) is 99.6. The van der Waals surface area contributed by atoms with Gasteiger partial charge in [0.1, 0.15) is 0 Å². The van der Waals surface area contributed by atoms with E-state index in [0.29, 0.717) is 0 Å². The number of hydrogen-bond donors (Lipinski definition) is 0. The summed E-state index contributed by atoms with van der Waals surface area (Å²) in [4.78, 5) is 0. The zero-order chi connectivity index (χ0) is 56.5. The second kappa shape index (κ2) is 66.4. The molecule has 0 saturated carbocycles. The van der Waals surface area contributed by atoms with Crippen LogP contribution < -0.4 is 0 Å². The second-order valence-corrected chi connectivity index (χ2v) is 26.8. The maximum atomic E-state index is 4.25. The lowest BCUT2D eigenvalue weighted by atomic mass is 9.87. The predicted octanol–water partition coefficient (Wildman–Crippen LogP) is 29.1. The molecular weight excluding hydrogens is 949 g/mol. The Morgan fingerprint density at radius 1 is 0.190 bits per heavy atom. The average Bonchev–Trinajstić information content (AvgIpc) is 3.46. The van der Waals surface area contributed by atoms with Crippen LogP contribution in [0.3, 0.4) is 0 Å². The van der Waals surface area contributed by atoms with Crippen LogP contribution in [0.1, 0.15) is 460 Å². The van der Waals surface area contributed by atoms with Crippen LogP contribution in [0.5, 0.6) is 0 Å². The van der Waals surface area contributed by atoms with E-state index >= 15 is 0 Å². The molecule has 1 aromatic carbocycles. The van der Waals surface area contributed by atoms with Gasteiger partial charge in [0.25, 0.3) is 0 Å². The van der Waals surface area contributed by atoms with Crippen LogP contribution in [0.4, 0.5) is 0 Å². The van der Waals surface area contributed by atoms with Gasteiger partial charge < -0.3 is 0 Å². The highest BCUT2D eigenvalue weighted by atomic mass is 14.2. The molecule has 0 heterocycles. The van der Waals surface area contributed by atoms with E-state index in [1.165, 1.54) is 437 Å². The number of hydrogen-bond acceptors (Lipinski definition) is 0. The Morgan fingerprint density at radius 2 is 0.354 bits per heavy atom. The van der Waals surface area contributed by atoms with Crippen molar-refractivity contribution in [3.8, 4) is 0 Å². The Bertz CT molecular complexity index is 1190. The van der Waals surface area contributed by atoms with E-state index in [0.717, 1.165) is 6.42 Å². The molecule has 0 fully saturated rings. The molecule has 0 aliphatic heterocycles. The first-order valence-electron chi connectivity index (χ1n) is 38.2. The van der Waals surface area contributed by atoms with Crippen molar-refractivity contribution in [3.05, 3.63) is 41.3 Å². The van der Waals surface area contributed by atoms with Crippen LogP contribution in [0, 0.1) is 6.92 Å². The number of rotatable bonds is 69. The highest BCUT2D eigenvalue weighted by Crippen LogP contribution is 2.27. The van der Waals surface area contributed by atoms with Crippen molar-refractivity contribution in [2.24, 2.45) is 0 Å². The molecule has 0 nitrogen and oxygen atoms in total. The van der Waals surface area contributed by atoms with Gasteiger partial charge in [-0.1, -0.05) is 431 Å². The van der Waals surface area contributed by atoms with Gasteiger partial charge in [-0.25, -0.2) is 0 Å². The van der Waals surface area contributed by atoms with Gasteiger partial charge >= 0.3 is 0 Å². The van der Waals surface area contributed by atoms with Gasteiger partial charge in [0.05, 0.1) is 0 Å². The Kier molecular flexibility index (Phi) is 64.0. The summed E-state index contributed by atoms with van der Waals surface area (Å²) >= 11 is 0. The molecule has 0 heteroatoms. The first-order valence-corrected chi connectivity index (χ1v) is 38.2. The number of aryl methyl sites for hydroxylation is 3. The molecule has 1 radical (unpaired) electrons. The van der Waals surface area contributed by atoms with Crippen molar-refractivity contribution in [1.82, 2.24) is 0 Å². The van der Waals surface area contributed by atoms with Crippen LogP contribution in [0.2, 0.25) is 0 Å². The van der Waals surface area contributed by atoms with Gasteiger partial charge in [0.15, 0.2) is 0 Å². The van der Waals surface area contributed by atoms with Crippen LogP contribution in [-0.4, -0.2) is 0 Å². The van der Waals surface area contributed by atoms with Gasteiger partial charge in [-0.15, -0.1) is 0 Å². The average molecular weight is 1100 g/mol. The van der Waals surface area contributed by atoms with Crippen LogP contribution in [-0.2, 0) is 25.7 Å². The maximum absolute atomic E-state index is 4.25. The Labute approximate surface area is 502 Å². The van der Waals surface area contributed by atoms with Gasteiger partial charge in [-0.3, -0.25) is 0 Å². The lowest BCUT2D eigenvalue weighted by molar-refractivity contribution is 0.519. The van der Waals surface area contributed by atoms with Crippen molar-refractivity contribution < 1.29 is 0 Å². The van der Waals surface area contributed by atoms with Crippen molar-refractivity contribution in [1.29, 1.82) is 0 Å². The van der Waals surface area contributed by atoms with E-state index in [4.69, 9.17) is 0 Å². The minimum absolute atomic E-state index is 1.06. The fourth-order valence-electron chi connectivity index (χ4n) is 13.3. The summed E-state index contributed by atoms with van der Waals surface area (Å²) in [6, 6.07) is 5.39. The molecule has 79 heavy (non-hydrogen) atoms. The SMILES string of the molecule is [CH2]CCCc1cc(CCCCCCCCCCCCCCCCCCCCCCC)c(CCCCCCCCCCCCCCCCCCCCCCC)c(CCCCCCCCCCCCCCCCCCCCCCC)c1. The predicted molar refractivity (Wildman–Crippen MR) is 364 cm³/mol. The van der Waals surface area contributed by atoms with E-state index in [-0.39, 0.29) is 0 Å². The largest absolute Gasteiger partial charge is 0.0654 e. The zero-order valence-corrected chi connectivity index (χ0v) is 55.7. The maximum Gasteiger partial charge on any atom is -0.0273 e. The Hall–Kier alpha value is -0.780. The van der Waals surface area contributed by atoms with Crippen LogP contribution in [0.15, 0.2) is 12.1 Å². The third-order valence-corrected chi connectivity index (χ3v) is 18.8. The third-order valence-electron chi connectivity index (χ3n) is 18.8. The van der Waals surface area contributed by atoms with Gasteiger partial charge in [0.2, 0.25) is 0 Å². The van der Waals surface area contributed by atoms with E-state index in [2.05, 4.69) is 39.8 Å². The molecule has 0 spiro atoms. The third kappa shape index (κ3) is 56.1. The standard InChI is InChI=1S/C79H151/c1-5-9-13-16-19-22-25-28-31-34-37-40-43-46-49-52-55-58-61-64-67-71-77-74-76(70-12-8-4)75-78(72-68-65-62-59-56-53-50-47-44-41-38-35-32-29-26-23-20-17-14-10-6-2)79(77)73-69-66-63-60-57-54-51-48-45-42-39-36-33-30-27-24-21-18-15-11-7-3/h74-75H,4-73H2,1-3H3. The molecule has 0 aliphatic carbocycles. The molecule has 0 atom stereocenters. The first kappa shape index (κ1) is 76.2. The summed E-state index contributed by atoms with van der Waals surface area (Å²) in [5, 5.41) is 0. The molecule has 0 N–H and O–H groups in total. The Morgan fingerprint density at radius 3 is 0.532 bits per heavy atom. The lowest BCUT2D eigenvalue weighted by Crippen LogP contribution is -2.05. The van der Waals surface area contributed by atoms with Crippen LogP contribution in [0.25, 0.3) is 0 Å². The molecule has 1 aromatic rings. The van der Waals surface area contributed by atoms with E-state index < -0.39 is 0 Å². The molecule has 0 bridgehead atoms. The minimum atomic E-state index is 1.06. The second-order valence-electron chi connectivity index (χ2n) is 26.8. The highest BCUT2D eigenvalue weighted by Gasteiger charge is 2.12. The molecular formula is C79H151. The summed E-state index contributed by atoms with van der Waals surface area (Å²) < 4.78 is 0. The molecule has 0 saturated heterocycles. The first-order chi connectivity index (χ1) is 39.3. The fraction of sp³-hybridized carbons (Fsp3) is 0.911. The van der Waals surface area contributed by atoms with Crippen molar-refractivity contribution in [3.63, 3.8) is 0 Å². The van der Waals surface area contributed by atoms with Crippen LogP contribution >= 0.6 is 0 Å². The molecule has 467 valence electrons.